The molecule has 1 aliphatic carbocycles. The predicted molar refractivity (Wildman–Crippen MR) is 110 cm³/mol. The Bertz CT molecular complexity index is 1010. The molecule has 146 valence electrons. The van der Waals surface area contributed by atoms with Gasteiger partial charge in [0.15, 0.2) is 0 Å². The summed E-state index contributed by atoms with van der Waals surface area (Å²) in [5.41, 5.74) is 2.44. The van der Waals surface area contributed by atoms with Crippen molar-refractivity contribution in [1.29, 1.82) is 0 Å². The molecule has 1 N–H and O–H groups in total. The number of rotatable bonds is 7. The van der Waals surface area contributed by atoms with Gasteiger partial charge in [-0.1, -0.05) is 72.8 Å². The summed E-state index contributed by atoms with van der Waals surface area (Å²) in [7, 11) is 0. The Morgan fingerprint density at radius 1 is 0.897 bits per heavy atom. The van der Waals surface area contributed by atoms with E-state index in [-0.39, 0.29) is 12.5 Å². The van der Waals surface area contributed by atoms with E-state index in [0.29, 0.717) is 18.4 Å². The van der Waals surface area contributed by atoms with Gasteiger partial charge in [0.25, 0.3) is 0 Å². The molecule has 3 aromatic rings. The topological polar surface area (TPSA) is 63.6 Å². The summed E-state index contributed by atoms with van der Waals surface area (Å²) in [5.74, 6) is -1.30. The number of benzene rings is 3. The third kappa shape index (κ3) is 4.06. The molecule has 0 spiro atoms. The molecule has 1 saturated carbocycles. The van der Waals surface area contributed by atoms with Crippen LogP contribution in [0.1, 0.15) is 39.4 Å². The predicted octanol–water partition coefficient (Wildman–Crippen LogP) is 4.84. The second-order valence-corrected chi connectivity index (χ2v) is 7.57. The van der Waals surface area contributed by atoms with Crippen LogP contribution in [0.25, 0.3) is 0 Å². The van der Waals surface area contributed by atoms with Crippen molar-refractivity contribution < 1.29 is 19.4 Å². The molecule has 4 heteroatoms. The maximum Gasteiger partial charge on any atom is 0.338 e. The van der Waals surface area contributed by atoms with Crippen LogP contribution in [0, 0.1) is 5.41 Å². The fraction of sp³-hybridized carbons (Fsp3) is 0.200. The van der Waals surface area contributed by atoms with E-state index < -0.39 is 17.4 Å². The van der Waals surface area contributed by atoms with Crippen molar-refractivity contribution in [3.8, 4) is 0 Å². The second kappa shape index (κ2) is 7.92. The largest absolute Gasteiger partial charge is 0.481 e. The van der Waals surface area contributed by atoms with Gasteiger partial charge in [0, 0.05) is 5.92 Å². The van der Waals surface area contributed by atoms with E-state index in [1.54, 1.807) is 18.2 Å². The molecule has 0 bridgehead atoms. The molecule has 4 nitrogen and oxygen atoms in total. The summed E-state index contributed by atoms with van der Waals surface area (Å²) in [6, 6.07) is 26.4. The average molecular weight is 386 g/mol. The first-order valence-electron chi connectivity index (χ1n) is 9.67. The Labute approximate surface area is 169 Å². The van der Waals surface area contributed by atoms with Gasteiger partial charge in [0.2, 0.25) is 0 Å². The van der Waals surface area contributed by atoms with Crippen LogP contribution >= 0.6 is 0 Å². The van der Waals surface area contributed by atoms with Crippen LogP contribution in [-0.4, -0.2) is 17.0 Å². The lowest BCUT2D eigenvalue weighted by Gasteiger charge is -2.13. The number of hydrogen-bond acceptors (Lipinski definition) is 3. The molecule has 0 unspecified atom stereocenters. The summed E-state index contributed by atoms with van der Waals surface area (Å²) in [5, 5.41) is 9.89. The molecular weight excluding hydrogens is 364 g/mol. The summed E-state index contributed by atoms with van der Waals surface area (Å²) in [6.45, 7) is 0.209. The number of hydrogen-bond donors (Lipinski definition) is 1. The van der Waals surface area contributed by atoms with Crippen LogP contribution in [0.3, 0.4) is 0 Å². The highest BCUT2D eigenvalue weighted by Crippen LogP contribution is 2.61. The van der Waals surface area contributed by atoms with Crippen LogP contribution in [-0.2, 0) is 22.6 Å². The first kappa shape index (κ1) is 18.9. The van der Waals surface area contributed by atoms with Crippen molar-refractivity contribution in [3.63, 3.8) is 0 Å². The molecule has 29 heavy (non-hydrogen) atoms. The summed E-state index contributed by atoms with van der Waals surface area (Å²) in [4.78, 5) is 24.5. The van der Waals surface area contributed by atoms with E-state index in [0.717, 1.165) is 16.7 Å². The maximum absolute atomic E-state index is 12.5. The van der Waals surface area contributed by atoms with Crippen molar-refractivity contribution in [2.75, 3.05) is 0 Å². The summed E-state index contributed by atoms with van der Waals surface area (Å²) in [6.07, 6.45) is 1.05. The molecule has 0 aliphatic heterocycles. The number of carboxylic acid groups (broad SMARTS) is 1. The number of esters is 1. The fourth-order valence-corrected chi connectivity index (χ4v) is 3.90. The van der Waals surface area contributed by atoms with Crippen LogP contribution in [0.2, 0.25) is 0 Å². The monoisotopic (exact) mass is 386 g/mol. The van der Waals surface area contributed by atoms with Gasteiger partial charge in [0.05, 0.1) is 11.0 Å². The zero-order valence-corrected chi connectivity index (χ0v) is 16.0. The molecule has 0 heterocycles. The molecular formula is C25H22O4. The van der Waals surface area contributed by atoms with Gasteiger partial charge in [-0.3, -0.25) is 4.79 Å². The molecule has 0 saturated heterocycles. The molecule has 3 aromatic carbocycles. The Hall–Kier alpha value is -3.40. The Kier molecular flexibility index (Phi) is 5.17. The number of carbonyl (C=O) groups is 2. The smallest absolute Gasteiger partial charge is 0.338 e. The van der Waals surface area contributed by atoms with E-state index in [2.05, 4.69) is 0 Å². The molecule has 2 atom stereocenters. The van der Waals surface area contributed by atoms with E-state index in [9.17, 15) is 14.7 Å². The lowest BCUT2D eigenvalue weighted by molar-refractivity contribution is -0.143. The number of aliphatic carboxylic acids is 1. The minimum atomic E-state index is -0.812. The number of carbonyl (C=O) groups excluding carboxylic acids is 1. The quantitative estimate of drug-likeness (QED) is 0.590. The van der Waals surface area contributed by atoms with Gasteiger partial charge >= 0.3 is 11.9 Å². The number of carboxylic acids is 1. The Morgan fingerprint density at radius 3 is 2.21 bits per heavy atom. The van der Waals surface area contributed by atoms with Gasteiger partial charge in [-0.2, -0.15) is 0 Å². The normalized spacial score (nSPS) is 20.1. The third-order valence-corrected chi connectivity index (χ3v) is 5.60. The van der Waals surface area contributed by atoms with Crippen LogP contribution in [0.4, 0.5) is 0 Å². The molecule has 1 fully saturated rings. The van der Waals surface area contributed by atoms with Gasteiger partial charge in [0.1, 0.15) is 6.61 Å². The Balaban J connectivity index is 1.48. The molecule has 0 aromatic heterocycles. The van der Waals surface area contributed by atoms with Crippen molar-refractivity contribution in [3.05, 3.63) is 107 Å². The standard InChI is InChI=1S/C25H22O4/c26-23(29-17-19-10-5-2-6-11-19)21-13-7-12-20(14-21)22-16-25(22,24(27)28)15-18-8-3-1-4-9-18/h1-14,22H,15-17H2,(H,27,28)/t22-,25+/m0/s1. The third-order valence-electron chi connectivity index (χ3n) is 5.60. The van der Waals surface area contributed by atoms with E-state index in [4.69, 9.17) is 4.74 Å². The highest BCUT2D eigenvalue weighted by atomic mass is 16.5. The van der Waals surface area contributed by atoms with Crippen molar-refractivity contribution >= 4 is 11.9 Å². The summed E-state index contributed by atoms with van der Waals surface area (Å²) >= 11 is 0. The molecule has 4 rings (SSSR count). The zero-order chi connectivity index (χ0) is 20.3. The van der Waals surface area contributed by atoms with Gasteiger partial charge < -0.3 is 9.84 Å². The van der Waals surface area contributed by atoms with Crippen LogP contribution in [0.15, 0.2) is 84.9 Å². The zero-order valence-electron chi connectivity index (χ0n) is 16.0. The van der Waals surface area contributed by atoms with Crippen molar-refractivity contribution in [2.24, 2.45) is 5.41 Å². The van der Waals surface area contributed by atoms with E-state index >= 15 is 0 Å². The van der Waals surface area contributed by atoms with E-state index in [1.165, 1.54) is 0 Å². The first-order valence-corrected chi connectivity index (χ1v) is 9.67. The maximum atomic E-state index is 12.5. The number of ether oxygens (including phenoxy) is 1. The highest BCUT2D eigenvalue weighted by Gasteiger charge is 2.60. The molecule has 1 aliphatic rings. The van der Waals surface area contributed by atoms with Crippen LogP contribution < -0.4 is 0 Å². The SMILES string of the molecule is O=C(OCc1ccccc1)c1cccc([C@@H]2C[C@@]2(Cc2ccccc2)C(=O)O)c1. The molecule has 0 amide bonds. The van der Waals surface area contributed by atoms with Crippen molar-refractivity contribution in [1.82, 2.24) is 0 Å². The van der Waals surface area contributed by atoms with E-state index in [1.807, 2.05) is 66.7 Å². The van der Waals surface area contributed by atoms with Crippen LogP contribution in [0.5, 0.6) is 0 Å². The minimum absolute atomic E-state index is 0.109. The van der Waals surface area contributed by atoms with Gasteiger partial charge in [-0.25, -0.2) is 4.79 Å². The second-order valence-electron chi connectivity index (χ2n) is 7.57. The first-order chi connectivity index (χ1) is 14.1. The fourth-order valence-electron chi connectivity index (χ4n) is 3.90. The lowest BCUT2D eigenvalue weighted by Crippen LogP contribution is -2.20. The minimum Gasteiger partial charge on any atom is -0.481 e. The molecule has 0 radical (unpaired) electrons. The lowest BCUT2D eigenvalue weighted by atomic mass is 9.91. The summed E-state index contributed by atoms with van der Waals surface area (Å²) < 4.78 is 5.41. The van der Waals surface area contributed by atoms with Gasteiger partial charge in [-0.15, -0.1) is 0 Å². The van der Waals surface area contributed by atoms with Crippen molar-refractivity contribution in [2.45, 2.75) is 25.4 Å². The highest BCUT2D eigenvalue weighted by molar-refractivity contribution is 5.90. The average Bonchev–Trinajstić information content (AvgIpc) is 3.49. The Morgan fingerprint density at radius 2 is 1.55 bits per heavy atom. The van der Waals surface area contributed by atoms with Gasteiger partial charge in [-0.05, 0) is 41.7 Å².